The van der Waals surface area contributed by atoms with Crippen molar-refractivity contribution in [3.05, 3.63) is 11.9 Å². The van der Waals surface area contributed by atoms with Crippen molar-refractivity contribution < 1.29 is 19.0 Å². The van der Waals surface area contributed by atoms with Crippen molar-refractivity contribution in [2.24, 2.45) is 4.99 Å². The molecule has 0 radical (unpaired) electrons. The molecule has 0 spiro atoms. The van der Waals surface area contributed by atoms with E-state index in [1.54, 1.807) is 11.6 Å². The number of rotatable bonds is 4. The Kier molecular flexibility index (Phi) is 3.77. The molecule has 2 atom stereocenters. The Morgan fingerprint density at radius 1 is 1.42 bits per heavy atom. The number of aliphatic imine (C=N–C) groups is 1. The smallest absolute Gasteiger partial charge is 0.298 e. The van der Waals surface area contributed by atoms with Crippen molar-refractivity contribution in [2.45, 2.75) is 46.2 Å². The summed E-state index contributed by atoms with van der Waals surface area (Å²) in [6, 6.07) is -0.969. The molecule has 2 aliphatic heterocycles. The van der Waals surface area contributed by atoms with Crippen LogP contribution in [0.4, 0.5) is 10.7 Å². The number of hydrogen-bond acceptors (Lipinski definition) is 4. The molecule has 0 aromatic carbocycles. The highest BCUT2D eigenvalue weighted by Crippen LogP contribution is 2.31. The molecule has 1 saturated heterocycles. The lowest BCUT2D eigenvalue weighted by molar-refractivity contribution is -0.677. The molecule has 3 amide bonds. The number of amidine groups is 1. The first kappa shape index (κ1) is 16.4. The molecule has 8 nitrogen and oxygen atoms in total. The number of carbonyl (C=O) groups excluding carboxylic acids is 3. The summed E-state index contributed by atoms with van der Waals surface area (Å²) in [6.07, 6.45) is 2.81. The number of aromatic nitrogens is 2. The molecule has 3 heterocycles. The van der Waals surface area contributed by atoms with E-state index >= 15 is 0 Å². The van der Waals surface area contributed by atoms with Crippen molar-refractivity contribution >= 4 is 29.5 Å². The van der Waals surface area contributed by atoms with Crippen molar-refractivity contribution in [3.8, 4) is 0 Å². The molecule has 0 aliphatic carbocycles. The third-order valence-corrected chi connectivity index (χ3v) is 4.66. The first-order valence-corrected chi connectivity index (χ1v) is 8.08. The molecular weight excluding hydrogens is 310 g/mol. The van der Waals surface area contributed by atoms with E-state index in [0.717, 1.165) is 17.0 Å². The first-order chi connectivity index (χ1) is 11.3. The minimum atomic E-state index is -0.689. The topological polar surface area (TPSA) is 78.9 Å². The van der Waals surface area contributed by atoms with Crippen LogP contribution in [-0.2, 0) is 9.59 Å². The molecule has 8 heteroatoms. The molecule has 2 unspecified atom stereocenters. The third kappa shape index (κ3) is 2.16. The Balaban J connectivity index is 2.10. The maximum absolute atomic E-state index is 12.8. The average Bonchev–Trinajstić information content (AvgIpc) is 3.03. The van der Waals surface area contributed by atoms with E-state index in [-0.39, 0.29) is 18.4 Å². The number of imidazole rings is 1. The van der Waals surface area contributed by atoms with Crippen molar-refractivity contribution in [2.75, 3.05) is 13.6 Å². The second kappa shape index (κ2) is 5.54. The largest absolute Gasteiger partial charge is 0.402 e. The van der Waals surface area contributed by atoms with Crippen molar-refractivity contribution in [1.29, 1.82) is 0 Å². The molecular formula is C16H22N5O3+. The summed E-state index contributed by atoms with van der Waals surface area (Å²) in [4.78, 5) is 43.6. The normalized spacial score (nSPS) is 20.9. The number of carbonyl (C=O) groups is 3. The molecule has 1 aromatic rings. The predicted octanol–water partition coefficient (Wildman–Crippen LogP) is 1.12. The Morgan fingerprint density at radius 3 is 2.67 bits per heavy atom. The van der Waals surface area contributed by atoms with Crippen LogP contribution in [0.3, 0.4) is 0 Å². The first-order valence-electron chi connectivity index (χ1n) is 8.08. The van der Waals surface area contributed by atoms with Crippen LogP contribution in [0.5, 0.6) is 0 Å². The number of hydrogen-bond donors (Lipinski definition) is 0. The maximum atomic E-state index is 12.8. The van der Waals surface area contributed by atoms with Gasteiger partial charge in [-0.2, -0.15) is 0 Å². The van der Waals surface area contributed by atoms with Gasteiger partial charge in [-0.25, -0.2) is 13.9 Å². The highest BCUT2D eigenvalue weighted by atomic mass is 16.2. The summed E-state index contributed by atoms with van der Waals surface area (Å²) in [5.41, 5.74) is 1.01. The van der Waals surface area contributed by atoms with Crippen LogP contribution in [-0.4, -0.2) is 51.5 Å². The summed E-state index contributed by atoms with van der Waals surface area (Å²) >= 11 is 0. The SMILES string of the molecule is CCC(C)n1c(C)c[n+]2c1N=C1C2C(=O)N(CC(C)=O)C(=O)N1C. The molecule has 0 N–H and O–H groups in total. The monoisotopic (exact) mass is 332 g/mol. The lowest BCUT2D eigenvalue weighted by atomic mass is 10.1. The summed E-state index contributed by atoms with van der Waals surface area (Å²) in [5, 5.41) is 0. The van der Waals surface area contributed by atoms with Gasteiger partial charge in [0.15, 0.2) is 0 Å². The van der Waals surface area contributed by atoms with Gasteiger partial charge < -0.3 is 0 Å². The second-order valence-electron chi connectivity index (χ2n) is 6.45. The van der Waals surface area contributed by atoms with Gasteiger partial charge in [0.2, 0.25) is 11.9 Å². The number of urea groups is 1. The van der Waals surface area contributed by atoms with Crippen LogP contribution in [0.15, 0.2) is 11.2 Å². The Labute approximate surface area is 140 Å². The van der Waals surface area contributed by atoms with E-state index < -0.39 is 18.0 Å². The van der Waals surface area contributed by atoms with Crippen LogP contribution >= 0.6 is 0 Å². The van der Waals surface area contributed by atoms with E-state index in [1.807, 2.05) is 13.1 Å². The zero-order valence-electron chi connectivity index (χ0n) is 14.6. The number of amides is 3. The van der Waals surface area contributed by atoms with Crippen LogP contribution in [0.2, 0.25) is 0 Å². The summed E-state index contributed by atoms with van der Waals surface area (Å²) in [7, 11) is 1.58. The quantitative estimate of drug-likeness (QED) is 0.775. The van der Waals surface area contributed by atoms with E-state index in [9.17, 15) is 14.4 Å². The average molecular weight is 332 g/mol. The highest BCUT2D eigenvalue weighted by molar-refractivity contribution is 6.19. The molecule has 0 saturated carbocycles. The van der Waals surface area contributed by atoms with Gasteiger partial charge >= 0.3 is 12.0 Å². The minimum absolute atomic E-state index is 0.216. The summed E-state index contributed by atoms with van der Waals surface area (Å²) in [5.74, 6) is 0.440. The van der Waals surface area contributed by atoms with Gasteiger partial charge in [0, 0.05) is 7.05 Å². The van der Waals surface area contributed by atoms with E-state index in [4.69, 9.17) is 0 Å². The van der Waals surface area contributed by atoms with Crippen LogP contribution in [0, 0.1) is 6.92 Å². The van der Waals surface area contributed by atoms with Gasteiger partial charge in [0.05, 0.1) is 12.6 Å². The zero-order valence-corrected chi connectivity index (χ0v) is 14.6. The van der Waals surface area contributed by atoms with Gasteiger partial charge in [-0.3, -0.25) is 19.4 Å². The fourth-order valence-corrected chi connectivity index (χ4v) is 3.30. The van der Waals surface area contributed by atoms with Gasteiger partial charge in [-0.15, -0.1) is 0 Å². The molecule has 3 rings (SSSR count). The second-order valence-corrected chi connectivity index (χ2v) is 6.45. The van der Waals surface area contributed by atoms with Gasteiger partial charge in [-0.1, -0.05) is 11.9 Å². The van der Waals surface area contributed by atoms with Crippen molar-refractivity contribution in [3.63, 3.8) is 0 Å². The number of imide groups is 1. The van der Waals surface area contributed by atoms with E-state index in [0.29, 0.717) is 11.8 Å². The Hall–Kier alpha value is -2.51. The number of fused-ring (bicyclic) bond motifs is 3. The lowest BCUT2D eigenvalue weighted by Crippen LogP contribution is -2.63. The minimum Gasteiger partial charge on any atom is -0.298 e. The van der Waals surface area contributed by atoms with Crippen molar-refractivity contribution in [1.82, 2.24) is 14.4 Å². The van der Waals surface area contributed by atoms with Crippen LogP contribution in [0.1, 0.15) is 45.0 Å². The molecule has 24 heavy (non-hydrogen) atoms. The van der Waals surface area contributed by atoms with E-state index in [1.165, 1.54) is 11.8 Å². The molecule has 1 fully saturated rings. The standard InChI is InChI=1S/C16H22N5O3/c1-6-9(2)21-10(3)7-19-12-13(17-15(19)21)18(5)16(24)20(14(12)23)8-11(4)22/h7,9,12H,6,8H2,1-5H3/q+1. The number of aryl methyl sites for hydroxylation is 1. The van der Waals surface area contributed by atoms with Gasteiger partial charge in [0.25, 0.3) is 5.91 Å². The summed E-state index contributed by atoms with van der Waals surface area (Å²) in [6.45, 7) is 7.30. The lowest BCUT2D eigenvalue weighted by Gasteiger charge is -2.32. The predicted molar refractivity (Wildman–Crippen MR) is 86.1 cm³/mol. The molecule has 2 aliphatic rings. The molecule has 128 valence electrons. The number of nitrogens with zero attached hydrogens (tertiary/aromatic N) is 5. The number of Topliss-reactive ketones (excluding diaryl/α,β-unsaturated/α-hetero) is 1. The number of ketones is 1. The van der Waals surface area contributed by atoms with Gasteiger partial charge in [0.1, 0.15) is 17.7 Å². The Morgan fingerprint density at radius 2 is 2.08 bits per heavy atom. The van der Waals surface area contributed by atoms with Gasteiger partial charge in [-0.05, 0) is 27.2 Å². The van der Waals surface area contributed by atoms with Crippen LogP contribution in [0.25, 0.3) is 0 Å². The molecule has 1 aromatic heterocycles. The Bertz CT molecular complexity index is 779. The molecule has 0 bridgehead atoms. The maximum Gasteiger partial charge on any atom is 0.402 e. The fourth-order valence-electron chi connectivity index (χ4n) is 3.30. The van der Waals surface area contributed by atoms with Crippen LogP contribution < -0.4 is 4.57 Å². The number of likely N-dealkylation sites (N-methyl/N-ethyl adjacent to an activating group) is 1. The fraction of sp³-hybridized carbons (Fsp3) is 0.562. The zero-order chi connectivity index (χ0) is 17.8. The third-order valence-electron chi connectivity index (χ3n) is 4.66. The van der Waals surface area contributed by atoms with E-state index in [2.05, 4.69) is 23.4 Å². The highest BCUT2D eigenvalue weighted by Gasteiger charge is 2.53. The summed E-state index contributed by atoms with van der Waals surface area (Å²) < 4.78 is 3.88.